The van der Waals surface area contributed by atoms with Gasteiger partial charge < -0.3 is 9.30 Å². The van der Waals surface area contributed by atoms with Crippen LogP contribution in [0.2, 0.25) is 5.15 Å². The molecular weight excluding hydrogens is 407 g/mol. The minimum absolute atomic E-state index is 0.582. The Morgan fingerprint density at radius 3 is 2.85 bits per heavy atom. The lowest BCUT2D eigenvalue weighted by atomic mass is 10.1. The molecule has 1 aliphatic rings. The van der Waals surface area contributed by atoms with Gasteiger partial charge in [0.1, 0.15) is 5.15 Å². The van der Waals surface area contributed by atoms with Crippen LogP contribution in [0.5, 0.6) is 0 Å². The fourth-order valence-electron chi connectivity index (χ4n) is 2.25. The van der Waals surface area contributed by atoms with Crippen molar-refractivity contribution in [1.82, 2.24) is 9.55 Å². The first kappa shape index (κ1) is 18.1. The van der Waals surface area contributed by atoms with Gasteiger partial charge >= 0.3 is 0 Å². The molecule has 1 atom stereocenters. The van der Waals surface area contributed by atoms with Crippen LogP contribution in [0.15, 0.2) is 24.5 Å². The van der Waals surface area contributed by atoms with Gasteiger partial charge in [0, 0.05) is 36.8 Å². The van der Waals surface area contributed by atoms with Crippen LogP contribution in [0.3, 0.4) is 0 Å². The van der Waals surface area contributed by atoms with Crippen molar-refractivity contribution in [3.63, 3.8) is 0 Å². The first-order valence-corrected chi connectivity index (χ1v) is 10.3. The maximum absolute atomic E-state index is 6.04. The molecule has 2 aromatic heterocycles. The summed E-state index contributed by atoms with van der Waals surface area (Å²) in [4.78, 5) is 4.08. The summed E-state index contributed by atoms with van der Waals surface area (Å²) in [5.74, 6) is 0.627. The van der Waals surface area contributed by atoms with Crippen molar-refractivity contribution in [3.05, 3.63) is 29.7 Å². The minimum Gasteiger partial charge on any atom is -0.381 e. The molecule has 1 unspecified atom stereocenters. The van der Waals surface area contributed by atoms with Crippen LogP contribution in [0, 0.1) is 5.92 Å². The van der Waals surface area contributed by atoms with Gasteiger partial charge in [0.05, 0.1) is 12.1 Å². The quantitative estimate of drug-likeness (QED) is 0.415. The van der Waals surface area contributed by atoms with Crippen molar-refractivity contribution in [2.24, 2.45) is 5.92 Å². The molecule has 1 saturated heterocycles. The first-order valence-electron chi connectivity index (χ1n) is 6.68. The predicted molar refractivity (Wildman–Crippen MR) is 98.0 cm³/mol. The fraction of sp³-hybridized carbons (Fsp3) is 0.500. The molecule has 0 aliphatic carbocycles. The molecule has 0 radical (unpaired) electrons. The number of fused-ring (bicyclic) bond motifs is 1. The number of hydrogen-bond donors (Lipinski definition) is 1. The van der Waals surface area contributed by atoms with Crippen LogP contribution in [0.4, 0.5) is 0 Å². The zero-order chi connectivity index (χ0) is 15.0. The summed E-state index contributed by atoms with van der Waals surface area (Å²) < 4.78 is 7.63. The zero-order valence-electron chi connectivity index (χ0n) is 11.7. The number of pyridine rings is 1. The van der Waals surface area contributed by atoms with E-state index < -0.39 is 0 Å². The number of rotatable bonds is 2. The number of halogens is 2. The molecule has 0 saturated carbocycles. The number of aromatic nitrogens is 2. The van der Waals surface area contributed by atoms with Crippen molar-refractivity contribution in [1.29, 1.82) is 0 Å². The second-order valence-corrected chi connectivity index (χ2v) is 4.59. The summed E-state index contributed by atoms with van der Waals surface area (Å²) in [5, 5.41) is 1.61. The molecule has 3 rings (SSSR count). The van der Waals surface area contributed by atoms with E-state index in [4.69, 9.17) is 16.3 Å². The third-order valence-corrected chi connectivity index (χ3v) is 3.43. The molecule has 20 heavy (non-hydrogen) atoms. The Hall–Kier alpha value is 0.0200. The predicted octanol–water partition coefficient (Wildman–Crippen LogP) is 5.02. The minimum atomic E-state index is 0.582. The average molecular weight is 427 g/mol. The highest BCUT2D eigenvalue weighted by atomic mass is 127. The standard InChI is InChI=1S/C12H13ClN2O.C2H6.HIS/c13-12-10-2-5-15(11(10)1-4-14-12)7-9-3-6-16-8-9;2*1-2/h1-2,4-5,9H,3,6-8H2;1-2H3;2H. The van der Waals surface area contributed by atoms with E-state index in [9.17, 15) is 0 Å². The van der Waals surface area contributed by atoms with Crippen LogP contribution >= 0.6 is 42.6 Å². The Bertz CT molecular complexity index is 515. The van der Waals surface area contributed by atoms with E-state index >= 15 is 0 Å². The van der Waals surface area contributed by atoms with E-state index in [2.05, 4.69) is 25.5 Å². The van der Waals surface area contributed by atoms with Gasteiger partial charge in [-0.05, 0) is 39.8 Å². The van der Waals surface area contributed by atoms with Crippen molar-refractivity contribution in [3.8, 4) is 0 Å². The van der Waals surface area contributed by atoms with Gasteiger partial charge in [-0.25, -0.2) is 4.98 Å². The van der Waals surface area contributed by atoms with Gasteiger partial charge in [-0.1, -0.05) is 25.4 Å². The van der Waals surface area contributed by atoms with E-state index in [-0.39, 0.29) is 0 Å². The summed E-state index contributed by atoms with van der Waals surface area (Å²) in [7, 11) is 3.50. The summed E-state index contributed by atoms with van der Waals surface area (Å²) in [6, 6.07) is 4.04. The van der Waals surface area contributed by atoms with Crippen molar-refractivity contribution in [2.45, 2.75) is 26.8 Å². The van der Waals surface area contributed by atoms with Crippen molar-refractivity contribution in [2.75, 3.05) is 13.2 Å². The van der Waals surface area contributed by atoms with E-state index in [0.29, 0.717) is 11.1 Å². The number of nitrogens with zero attached hydrogens (tertiary/aromatic N) is 2. The Kier molecular flexibility index (Phi) is 8.91. The highest BCUT2D eigenvalue weighted by molar-refractivity contribution is 14.2. The maximum atomic E-state index is 6.04. The molecule has 0 N–H and O–H groups in total. The normalized spacial score (nSPS) is 17.1. The Labute approximate surface area is 143 Å². The smallest absolute Gasteiger partial charge is 0.138 e. The molecule has 1 fully saturated rings. The summed E-state index contributed by atoms with van der Waals surface area (Å²) in [6.45, 7) is 6.77. The van der Waals surface area contributed by atoms with Gasteiger partial charge in [0.25, 0.3) is 0 Å². The average Bonchev–Trinajstić information content (AvgIpc) is 3.15. The first-order chi connectivity index (χ1) is 9.84. The fourth-order valence-corrected chi connectivity index (χ4v) is 2.47. The number of thiol groups is 1. The molecule has 1 aliphatic heterocycles. The lowest BCUT2D eigenvalue weighted by Gasteiger charge is -2.10. The Morgan fingerprint density at radius 1 is 1.45 bits per heavy atom. The molecule has 112 valence electrons. The second kappa shape index (κ2) is 9.87. The molecule has 2 aromatic rings. The summed E-state index contributed by atoms with van der Waals surface area (Å²) in [5.41, 5.74) is 1.16. The Morgan fingerprint density at radius 2 is 2.20 bits per heavy atom. The largest absolute Gasteiger partial charge is 0.381 e. The molecule has 3 nitrogen and oxygen atoms in total. The van der Waals surface area contributed by atoms with Gasteiger partial charge in [-0.15, -0.1) is 9.80 Å². The van der Waals surface area contributed by atoms with Crippen LogP contribution in [-0.4, -0.2) is 22.8 Å². The number of ether oxygens (including phenoxy) is 1. The van der Waals surface area contributed by atoms with Crippen LogP contribution < -0.4 is 0 Å². The third-order valence-electron chi connectivity index (χ3n) is 3.13. The van der Waals surface area contributed by atoms with Crippen molar-refractivity contribution >= 4 is 53.5 Å². The molecule has 0 spiro atoms. The third kappa shape index (κ3) is 4.51. The topological polar surface area (TPSA) is 27.1 Å². The molecule has 3 heterocycles. The van der Waals surface area contributed by atoms with Gasteiger partial charge in [-0.2, -0.15) is 0 Å². The van der Waals surface area contributed by atoms with Gasteiger partial charge in [-0.3, -0.25) is 0 Å². The maximum Gasteiger partial charge on any atom is 0.138 e. The second-order valence-electron chi connectivity index (χ2n) is 4.23. The van der Waals surface area contributed by atoms with Crippen molar-refractivity contribution < 1.29 is 4.74 Å². The Balaban J connectivity index is 0.000000461. The SMILES string of the molecule is CC.Clc1nccc2c1ccn2CC1CCOC1.SI. The van der Waals surface area contributed by atoms with Gasteiger partial charge in [0.2, 0.25) is 0 Å². The zero-order valence-corrected chi connectivity index (χ0v) is 15.5. The highest BCUT2D eigenvalue weighted by Gasteiger charge is 2.17. The monoisotopic (exact) mass is 426 g/mol. The van der Waals surface area contributed by atoms with E-state index in [1.165, 1.54) is 0 Å². The lowest BCUT2D eigenvalue weighted by Crippen LogP contribution is -2.09. The molecule has 0 amide bonds. The molecule has 0 aromatic carbocycles. The summed E-state index contributed by atoms with van der Waals surface area (Å²) in [6.07, 6.45) is 4.99. The highest BCUT2D eigenvalue weighted by Crippen LogP contribution is 2.24. The number of hydrogen-bond acceptors (Lipinski definition) is 3. The van der Waals surface area contributed by atoms with E-state index in [1.54, 1.807) is 6.20 Å². The summed E-state index contributed by atoms with van der Waals surface area (Å²) >= 11 is 7.88. The van der Waals surface area contributed by atoms with Crippen LogP contribution in [0.1, 0.15) is 20.3 Å². The lowest BCUT2D eigenvalue weighted by molar-refractivity contribution is 0.183. The molecular formula is C14H20ClIN2OS. The van der Waals surface area contributed by atoms with Crippen LogP contribution in [0.25, 0.3) is 10.9 Å². The van der Waals surface area contributed by atoms with Crippen LogP contribution in [-0.2, 0) is 11.3 Å². The van der Waals surface area contributed by atoms with E-state index in [1.807, 2.05) is 47.2 Å². The molecule has 0 bridgehead atoms. The molecule has 6 heteroatoms. The van der Waals surface area contributed by atoms with E-state index in [0.717, 1.165) is 37.1 Å². The van der Waals surface area contributed by atoms with Gasteiger partial charge in [0.15, 0.2) is 0 Å².